The zero-order valence-electron chi connectivity index (χ0n) is 17.8. The van der Waals surface area contributed by atoms with Crippen LogP contribution in [0.15, 0.2) is 48.5 Å². The molecule has 8 heteroatoms. The summed E-state index contributed by atoms with van der Waals surface area (Å²) in [5.74, 6) is 2.09. The van der Waals surface area contributed by atoms with Gasteiger partial charge in [-0.2, -0.15) is 11.8 Å². The van der Waals surface area contributed by atoms with Crippen LogP contribution in [-0.4, -0.2) is 46.0 Å². The van der Waals surface area contributed by atoms with Gasteiger partial charge in [-0.05, 0) is 43.7 Å². The van der Waals surface area contributed by atoms with Crippen LogP contribution in [0.5, 0.6) is 5.75 Å². The summed E-state index contributed by atoms with van der Waals surface area (Å²) in [7, 11) is -3.61. The summed E-state index contributed by atoms with van der Waals surface area (Å²) in [6.07, 6.45) is 1.91. The van der Waals surface area contributed by atoms with Crippen LogP contribution in [-0.2, 0) is 20.6 Å². The lowest BCUT2D eigenvalue weighted by Crippen LogP contribution is -2.40. The van der Waals surface area contributed by atoms with Crippen LogP contribution >= 0.6 is 11.8 Å². The van der Waals surface area contributed by atoms with E-state index >= 15 is 0 Å². The second kappa shape index (κ2) is 11.9. The Kier molecular flexibility index (Phi) is 9.52. The minimum atomic E-state index is -3.61. The molecule has 2 aromatic carbocycles. The molecule has 0 saturated heterocycles. The molecule has 0 fully saturated rings. The van der Waals surface area contributed by atoms with E-state index in [9.17, 15) is 13.2 Å². The third-order valence-corrected chi connectivity index (χ3v) is 6.50. The molecule has 6 nitrogen and oxygen atoms in total. The Morgan fingerprint density at radius 3 is 2.63 bits per heavy atom. The normalized spacial score (nSPS) is 11.2. The van der Waals surface area contributed by atoms with E-state index in [1.807, 2.05) is 18.7 Å². The first kappa shape index (κ1) is 24.1. The van der Waals surface area contributed by atoms with Gasteiger partial charge < -0.3 is 10.1 Å². The maximum atomic E-state index is 12.3. The molecule has 0 unspecified atom stereocenters. The van der Waals surface area contributed by atoms with Crippen molar-refractivity contribution in [2.24, 2.45) is 0 Å². The molecule has 0 aliphatic heterocycles. The zero-order valence-corrected chi connectivity index (χ0v) is 19.4. The minimum Gasteiger partial charge on any atom is -0.494 e. The predicted molar refractivity (Wildman–Crippen MR) is 125 cm³/mol. The van der Waals surface area contributed by atoms with Gasteiger partial charge in [0.05, 0.1) is 18.6 Å². The molecular formula is C22H30N2O4S2. The van der Waals surface area contributed by atoms with Crippen molar-refractivity contribution in [3.05, 3.63) is 59.7 Å². The summed E-state index contributed by atoms with van der Waals surface area (Å²) in [6.45, 7) is 4.66. The summed E-state index contributed by atoms with van der Waals surface area (Å²) in [6, 6.07) is 15.2. The fourth-order valence-electron chi connectivity index (χ4n) is 2.88. The van der Waals surface area contributed by atoms with Crippen LogP contribution in [0.25, 0.3) is 0 Å². The quantitative estimate of drug-likeness (QED) is 0.500. The molecule has 0 heterocycles. The molecule has 2 rings (SSSR count). The fourth-order valence-corrected chi connectivity index (χ4v) is 4.63. The van der Waals surface area contributed by atoms with Crippen LogP contribution in [0.3, 0.4) is 0 Å². The van der Waals surface area contributed by atoms with Crippen molar-refractivity contribution >= 4 is 33.4 Å². The standard InChI is InChI=1S/C22H30N2O4S2/c1-4-28-21-11-6-10-20(15-21)24(30(3,26)27)16-22(25)23-12-7-13-29-17-19-9-5-8-18(2)14-19/h5-6,8-11,14-15H,4,7,12-13,16-17H2,1-3H3,(H,23,25). The number of hydrogen-bond acceptors (Lipinski definition) is 5. The molecule has 0 radical (unpaired) electrons. The largest absolute Gasteiger partial charge is 0.494 e. The second-order valence-corrected chi connectivity index (χ2v) is 9.96. The summed E-state index contributed by atoms with van der Waals surface area (Å²) in [4.78, 5) is 12.3. The lowest BCUT2D eigenvalue weighted by molar-refractivity contribution is -0.119. The lowest BCUT2D eigenvalue weighted by atomic mass is 10.2. The molecule has 1 N–H and O–H groups in total. The summed E-state index contributed by atoms with van der Waals surface area (Å²) in [5.41, 5.74) is 2.96. The predicted octanol–water partition coefficient (Wildman–Crippen LogP) is 3.60. The average Bonchev–Trinajstić information content (AvgIpc) is 2.68. The summed E-state index contributed by atoms with van der Waals surface area (Å²) >= 11 is 1.82. The second-order valence-electron chi connectivity index (χ2n) is 6.95. The van der Waals surface area contributed by atoms with Crippen molar-refractivity contribution in [3.8, 4) is 5.75 Å². The Labute approximate surface area is 184 Å². The molecule has 30 heavy (non-hydrogen) atoms. The van der Waals surface area contributed by atoms with Crippen LogP contribution in [0.1, 0.15) is 24.5 Å². The van der Waals surface area contributed by atoms with E-state index in [4.69, 9.17) is 4.74 Å². The molecule has 0 aromatic heterocycles. The smallest absolute Gasteiger partial charge is 0.240 e. The van der Waals surface area contributed by atoms with Gasteiger partial charge in [-0.1, -0.05) is 35.9 Å². The number of benzene rings is 2. The van der Waals surface area contributed by atoms with Crippen LogP contribution in [0.2, 0.25) is 0 Å². The number of amides is 1. The van der Waals surface area contributed by atoms with Crippen molar-refractivity contribution in [2.45, 2.75) is 26.0 Å². The Balaban J connectivity index is 1.80. The van der Waals surface area contributed by atoms with Gasteiger partial charge in [0.1, 0.15) is 12.3 Å². The Hall–Kier alpha value is -2.19. The van der Waals surface area contributed by atoms with Crippen LogP contribution < -0.4 is 14.4 Å². The Morgan fingerprint density at radius 1 is 1.17 bits per heavy atom. The van der Waals surface area contributed by atoms with Gasteiger partial charge in [-0.15, -0.1) is 0 Å². The molecule has 0 aliphatic rings. The number of nitrogens with one attached hydrogen (secondary N) is 1. The van der Waals surface area contributed by atoms with Crippen LogP contribution in [0.4, 0.5) is 5.69 Å². The number of hydrogen-bond donors (Lipinski definition) is 1. The van der Waals surface area contributed by atoms with E-state index in [1.54, 1.807) is 24.3 Å². The third kappa shape index (κ3) is 8.28. The molecule has 0 bridgehead atoms. The van der Waals surface area contributed by atoms with E-state index in [2.05, 4.69) is 36.5 Å². The molecular weight excluding hydrogens is 420 g/mol. The summed E-state index contributed by atoms with van der Waals surface area (Å²) in [5, 5.41) is 2.81. The van der Waals surface area contributed by atoms with E-state index in [0.717, 1.165) is 28.5 Å². The van der Waals surface area contributed by atoms with E-state index in [0.29, 0.717) is 24.6 Å². The highest BCUT2D eigenvalue weighted by Gasteiger charge is 2.21. The number of thioether (sulfide) groups is 1. The van der Waals surface area contributed by atoms with Gasteiger partial charge in [-0.3, -0.25) is 9.10 Å². The number of nitrogens with zero attached hydrogens (tertiary/aromatic N) is 1. The molecule has 0 atom stereocenters. The molecule has 164 valence electrons. The first-order valence-electron chi connectivity index (χ1n) is 9.90. The first-order chi connectivity index (χ1) is 14.3. The van der Waals surface area contributed by atoms with Gasteiger partial charge in [0.2, 0.25) is 15.9 Å². The SMILES string of the molecule is CCOc1cccc(N(CC(=O)NCCCSCc2cccc(C)c2)S(C)(=O)=O)c1. The highest BCUT2D eigenvalue weighted by molar-refractivity contribution is 7.98. The van der Waals surface area contributed by atoms with Crippen molar-refractivity contribution in [1.29, 1.82) is 0 Å². The number of sulfonamides is 1. The molecule has 0 saturated carbocycles. The number of ether oxygens (including phenoxy) is 1. The van der Waals surface area contributed by atoms with Crippen molar-refractivity contribution < 1.29 is 17.9 Å². The number of carbonyl (C=O) groups excluding carboxylic acids is 1. The average molecular weight is 451 g/mol. The molecule has 1 amide bonds. The zero-order chi connectivity index (χ0) is 22.0. The van der Waals surface area contributed by atoms with E-state index in [-0.39, 0.29) is 12.5 Å². The minimum absolute atomic E-state index is 0.259. The van der Waals surface area contributed by atoms with Crippen molar-refractivity contribution in [1.82, 2.24) is 5.32 Å². The highest BCUT2D eigenvalue weighted by Crippen LogP contribution is 2.23. The monoisotopic (exact) mass is 450 g/mol. The maximum absolute atomic E-state index is 12.3. The number of anilines is 1. The maximum Gasteiger partial charge on any atom is 0.240 e. The van der Waals surface area contributed by atoms with Crippen LogP contribution in [0, 0.1) is 6.92 Å². The van der Waals surface area contributed by atoms with Gasteiger partial charge in [0, 0.05) is 18.4 Å². The first-order valence-corrected chi connectivity index (χ1v) is 12.9. The Bertz CT molecular complexity index is 932. The number of aryl methyl sites for hydroxylation is 1. The lowest BCUT2D eigenvalue weighted by Gasteiger charge is -2.22. The fraction of sp³-hybridized carbons (Fsp3) is 0.409. The molecule has 2 aromatic rings. The number of rotatable bonds is 12. The summed E-state index contributed by atoms with van der Waals surface area (Å²) < 4.78 is 30.9. The Morgan fingerprint density at radius 2 is 1.93 bits per heavy atom. The molecule has 0 spiro atoms. The number of carbonyl (C=O) groups is 1. The van der Waals surface area contributed by atoms with E-state index < -0.39 is 10.0 Å². The van der Waals surface area contributed by atoms with Crippen molar-refractivity contribution in [2.75, 3.05) is 36.0 Å². The van der Waals surface area contributed by atoms with Crippen molar-refractivity contribution in [3.63, 3.8) is 0 Å². The van der Waals surface area contributed by atoms with Gasteiger partial charge in [0.15, 0.2) is 0 Å². The van der Waals surface area contributed by atoms with E-state index in [1.165, 1.54) is 11.1 Å². The van der Waals surface area contributed by atoms with Gasteiger partial charge in [0.25, 0.3) is 0 Å². The van der Waals surface area contributed by atoms with Gasteiger partial charge >= 0.3 is 0 Å². The highest BCUT2D eigenvalue weighted by atomic mass is 32.2. The third-order valence-electron chi connectivity index (χ3n) is 4.24. The topological polar surface area (TPSA) is 75.7 Å². The van der Waals surface area contributed by atoms with Gasteiger partial charge in [-0.25, -0.2) is 8.42 Å². The molecule has 0 aliphatic carbocycles.